The van der Waals surface area contributed by atoms with Crippen molar-refractivity contribution in [1.82, 2.24) is 49.8 Å². The molecule has 0 atom stereocenters. The van der Waals surface area contributed by atoms with Crippen molar-refractivity contribution < 1.29 is 63.5 Å². The van der Waals surface area contributed by atoms with Gasteiger partial charge in [0.05, 0.1) is 57.3 Å². The first kappa shape index (κ1) is 58.5. The molecule has 4 aliphatic carbocycles. The van der Waals surface area contributed by atoms with E-state index in [1.165, 1.54) is 14.2 Å². The quantitative estimate of drug-likeness (QED) is 0.0524. The summed E-state index contributed by atoms with van der Waals surface area (Å²) >= 11 is 0. The summed E-state index contributed by atoms with van der Waals surface area (Å²) in [5.41, 5.74) is 3.23. The Hall–Kier alpha value is -7.18. The molecule has 4 bridgehead atoms. The van der Waals surface area contributed by atoms with Crippen molar-refractivity contribution in [2.45, 2.75) is 44.6 Å². The van der Waals surface area contributed by atoms with Gasteiger partial charge in [0, 0.05) is 89.4 Å². The molecule has 0 spiro atoms. The van der Waals surface area contributed by atoms with Gasteiger partial charge in [-0.05, 0) is 87.8 Å². The second kappa shape index (κ2) is 26.0. The number of rotatable bonds is 25. The van der Waals surface area contributed by atoms with Crippen molar-refractivity contribution in [3.63, 3.8) is 0 Å². The number of nitrogens with zero attached hydrogens (tertiary/aromatic N) is 8. The SMILES string of the molecule is COc1cccc(OC)c1-c1cc(C(=O)NC2(C(=O)O)C3C4=CCC=C3C42)nn1-c1ccc(C(=O)N(CCCNC(=O)CN2CCN(CC(=O)O)CCN(CC(=O)O)CCN(CC(=O)O)CC2)CCCN(C)C)cc1C(C)C. The zero-order valence-corrected chi connectivity index (χ0v) is 45.4. The number of benzene rings is 2. The van der Waals surface area contributed by atoms with E-state index in [1.807, 2.05) is 56.0 Å². The molecular formula is C55H74N10O13. The lowest BCUT2D eigenvalue weighted by atomic mass is 9.35. The van der Waals surface area contributed by atoms with E-state index in [0.29, 0.717) is 73.0 Å². The molecule has 2 heterocycles. The van der Waals surface area contributed by atoms with Crippen LogP contribution < -0.4 is 20.1 Å². The van der Waals surface area contributed by atoms with Gasteiger partial charge < -0.3 is 50.3 Å². The number of nitrogens with one attached hydrogen (secondary N) is 2. The van der Waals surface area contributed by atoms with Crippen LogP contribution in [0.1, 0.15) is 65.4 Å². The lowest BCUT2D eigenvalue weighted by Gasteiger charge is -2.69. The Kier molecular flexibility index (Phi) is 19.5. The number of carbonyl (C=O) groups excluding carboxylic acids is 3. The van der Waals surface area contributed by atoms with E-state index in [4.69, 9.17) is 14.6 Å². The van der Waals surface area contributed by atoms with Gasteiger partial charge >= 0.3 is 23.9 Å². The molecule has 78 heavy (non-hydrogen) atoms. The molecule has 5 aliphatic rings. The normalized spacial score (nSPS) is 20.0. The third kappa shape index (κ3) is 13.4. The Balaban J connectivity index is 1.08. The highest BCUT2D eigenvalue weighted by Crippen LogP contribution is 2.70. The molecule has 6 N–H and O–H groups in total. The Morgan fingerprint density at radius 2 is 1.22 bits per heavy atom. The molecule has 3 aromatic rings. The van der Waals surface area contributed by atoms with Crippen LogP contribution in [0.25, 0.3) is 16.9 Å². The Bertz CT molecular complexity index is 2700. The van der Waals surface area contributed by atoms with Crippen molar-refractivity contribution in [3.05, 3.63) is 82.6 Å². The molecule has 1 saturated heterocycles. The highest BCUT2D eigenvalue weighted by Gasteiger charge is 2.77. The summed E-state index contributed by atoms with van der Waals surface area (Å²) < 4.78 is 13.2. The van der Waals surface area contributed by atoms with Gasteiger partial charge in [0.25, 0.3) is 11.8 Å². The number of aliphatic carboxylic acids is 4. The molecule has 4 fully saturated rings. The molecule has 3 amide bonds. The minimum Gasteiger partial charge on any atom is -0.496 e. The molecule has 1 aliphatic heterocycles. The summed E-state index contributed by atoms with van der Waals surface area (Å²) in [4.78, 5) is 101. The van der Waals surface area contributed by atoms with Gasteiger partial charge in [-0.15, -0.1) is 0 Å². The molecule has 3 saturated carbocycles. The number of carboxylic acid groups (broad SMARTS) is 4. The van der Waals surface area contributed by atoms with Gasteiger partial charge in [-0.3, -0.25) is 48.4 Å². The summed E-state index contributed by atoms with van der Waals surface area (Å²) in [6.45, 7) is 6.96. The van der Waals surface area contributed by atoms with Crippen molar-refractivity contribution in [1.29, 1.82) is 0 Å². The third-order valence-electron chi connectivity index (χ3n) is 15.0. The van der Waals surface area contributed by atoms with Crippen LogP contribution in [0, 0.1) is 11.8 Å². The topological polar surface area (TPSA) is 280 Å². The van der Waals surface area contributed by atoms with E-state index < -0.39 is 35.3 Å². The zero-order chi connectivity index (χ0) is 56.4. The number of carbonyl (C=O) groups is 7. The molecule has 1 aromatic heterocycles. The van der Waals surface area contributed by atoms with Crippen LogP contribution >= 0.6 is 0 Å². The van der Waals surface area contributed by atoms with Crippen LogP contribution in [0.15, 0.2) is 65.8 Å². The summed E-state index contributed by atoms with van der Waals surface area (Å²) in [5.74, 6) is -5.47. The van der Waals surface area contributed by atoms with E-state index in [2.05, 4.69) is 10.6 Å². The fourth-order valence-corrected chi connectivity index (χ4v) is 11.1. The van der Waals surface area contributed by atoms with Crippen molar-refractivity contribution in [2.75, 3.05) is 133 Å². The standard InChI is InChI=1S/C55H74N10O13/c1-35(2)39-29-36(15-16-41(39)65-42(49-43(77-5)13-8-14-44(49)78-6)30-40(58-65)52(73)57-55(54(75)76)50-37-11-7-12-38(50)51(37)55)53(74)64(20-10-18-59(3)4)19-9-17-56-45(66)31-60-21-23-61(32-46(67)68)25-27-63(34-48(71)72)28-26-62(24-22-60)33-47(69)70/h8,11-16,29-30,35,50-51H,7,9-10,17-28,31-34H2,1-6H3,(H,56,66)(H,57,73)(H,67,68)(H,69,70)(H,71,72)(H,75,76). The van der Waals surface area contributed by atoms with Gasteiger partial charge in [0.15, 0.2) is 11.2 Å². The van der Waals surface area contributed by atoms with Gasteiger partial charge in [-0.25, -0.2) is 9.48 Å². The van der Waals surface area contributed by atoms with Crippen LogP contribution in [0.3, 0.4) is 0 Å². The number of aromatic nitrogens is 2. The van der Waals surface area contributed by atoms with Crippen LogP contribution in [-0.4, -0.2) is 240 Å². The van der Waals surface area contributed by atoms with E-state index in [1.54, 1.807) is 60.7 Å². The maximum atomic E-state index is 14.7. The predicted molar refractivity (Wildman–Crippen MR) is 287 cm³/mol. The van der Waals surface area contributed by atoms with Gasteiger partial charge in [0.1, 0.15) is 11.5 Å². The number of hydrogen-bond donors (Lipinski definition) is 6. The molecule has 23 nitrogen and oxygen atoms in total. The second-order valence-corrected chi connectivity index (χ2v) is 20.9. The highest BCUT2D eigenvalue weighted by atomic mass is 16.5. The average molecular weight is 1080 g/mol. The highest BCUT2D eigenvalue weighted by molar-refractivity contribution is 6.02. The first-order chi connectivity index (χ1) is 37.2. The molecule has 0 unspecified atom stereocenters. The Labute approximate surface area is 454 Å². The molecule has 8 rings (SSSR count). The van der Waals surface area contributed by atoms with Crippen molar-refractivity contribution in [2.24, 2.45) is 11.8 Å². The third-order valence-corrected chi connectivity index (χ3v) is 15.0. The number of ether oxygens (including phenoxy) is 2. The fraction of sp³-hybridized carbons (Fsp3) is 0.527. The minimum absolute atomic E-state index is 0.0252. The van der Waals surface area contributed by atoms with Gasteiger partial charge in [-0.1, -0.05) is 43.2 Å². The lowest BCUT2D eigenvalue weighted by molar-refractivity contribution is -0.158. The number of hydrogen-bond acceptors (Lipinski definition) is 15. The second-order valence-electron chi connectivity index (χ2n) is 20.9. The number of amides is 3. The molecule has 23 heteroatoms. The number of carboxylic acids is 4. The number of allylic oxidation sites excluding steroid dienone is 2. The van der Waals surface area contributed by atoms with E-state index >= 15 is 0 Å². The largest absolute Gasteiger partial charge is 0.496 e. The molecule has 0 radical (unpaired) electrons. The van der Waals surface area contributed by atoms with Gasteiger partial charge in [0.2, 0.25) is 5.91 Å². The van der Waals surface area contributed by atoms with Crippen LogP contribution in [0.5, 0.6) is 11.5 Å². The molecule has 2 aromatic carbocycles. The maximum Gasteiger partial charge on any atom is 0.331 e. The van der Waals surface area contributed by atoms with Crippen LogP contribution in [0.4, 0.5) is 0 Å². The van der Waals surface area contributed by atoms with E-state index in [-0.39, 0.29) is 107 Å². The summed E-state index contributed by atoms with van der Waals surface area (Å²) in [6, 6.07) is 12.2. The van der Waals surface area contributed by atoms with E-state index in [9.17, 15) is 54.0 Å². The monoisotopic (exact) mass is 1080 g/mol. The first-order valence-electron chi connectivity index (χ1n) is 26.4. The summed E-state index contributed by atoms with van der Waals surface area (Å²) in [6.07, 6.45) is 5.89. The molecule has 422 valence electrons. The first-order valence-corrected chi connectivity index (χ1v) is 26.4. The smallest absolute Gasteiger partial charge is 0.331 e. The van der Waals surface area contributed by atoms with E-state index in [0.717, 1.165) is 29.7 Å². The lowest BCUT2D eigenvalue weighted by Crippen LogP contribution is -2.81. The Morgan fingerprint density at radius 1 is 0.705 bits per heavy atom. The number of methoxy groups -OCH3 is 2. The molecular weight excluding hydrogens is 1010 g/mol. The minimum atomic E-state index is -1.47. The average Bonchev–Trinajstić information content (AvgIpc) is 2.41. The summed E-state index contributed by atoms with van der Waals surface area (Å²) in [7, 11) is 6.95. The van der Waals surface area contributed by atoms with Gasteiger partial charge in [-0.2, -0.15) is 5.10 Å². The van der Waals surface area contributed by atoms with Crippen LogP contribution in [0.2, 0.25) is 0 Å². The zero-order valence-electron chi connectivity index (χ0n) is 45.4. The summed E-state index contributed by atoms with van der Waals surface area (Å²) in [5, 5.41) is 49.9. The van der Waals surface area contributed by atoms with Crippen molar-refractivity contribution >= 4 is 41.6 Å². The maximum absolute atomic E-state index is 14.7. The Morgan fingerprint density at radius 3 is 1.69 bits per heavy atom. The van der Waals surface area contributed by atoms with Crippen LogP contribution in [-0.2, 0) is 24.0 Å². The van der Waals surface area contributed by atoms with Crippen molar-refractivity contribution in [3.8, 4) is 28.4 Å². The predicted octanol–water partition coefficient (Wildman–Crippen LogP) is 2.12. The fourth-order valence-electron chi connectivity index (χ4n) is 11.1.